The third-order valence-electron chi connectivity index (χ3n) is 4.39. The van der Waals surface area contributed by atoms with Crippen molar-refractivity contribution in [3.05, 3.63) is 48.0 Å². The summed E-state index contributed by atoms with van der Waals surface area (Å²) < 4.78 is 0. The first kappa shape index (κ1) is 16.4. The highest BCUT2D eigenvalue weighted by Gasteiger charge is 2.19. The average Bonchev–Trinajstić information content (AvgIpc) is 3.13. The van der Waals surface area contributed by atoms with E-state index in [2.05, 4.69) is 20.3 Å². The number of amides is 1. The Labute approximate surface area is 142 Å². The summed E-state index contributed by atoms with van der Waals surface area (Å²) in [5.41, 5.74) is 1.65. The van der Waals surface area contributed by atoms with Gasteiger partial charge in [-0.2, -0.15) is 0 Å². The van der Waals surface area contributed by atoms with Crippen molar-refractivity contribution in [2.45, 2.75) is 38.1 Å². The second-order valence-electron chi connectivity index (χ2n) is 6.22. The number of nitrogens with one attached hydrogen (secondary N) is 1. The standard InChI is InChI=1S/C18H23N5O/c1-23(13-9-14-6-10-19-11-7-14)18-20-12-8-16(22-18)17(24)21-15-4-2-3-5-15/h6-8,10-12,15H,2-5,9,13H2,1H3,(H,21,24). The van der Waals surface area contributed by atoms with Gasteiger partial charge in [0.25, 0.3) is 5.91 Å². The Morgan fingerprint density at radius 3 is 2.71 bits per heavy atom. The summed E-state index contributed by atoms with van der Waals surface area (Å²) in [6.45, 7) is 0.776. The van der Waals surface area contributed by atoms with E-state index in [0.29, 0.717) is 17.7 Å². The third kappa shape index (κ3) is 4.28. The van der Waals surface area contributed by atoms with Crippen LogP contribution in [0.2, 0.25) is 0 Å². The number of anilines is 1. The van der Waals surface area contributed by atoms with E-state index in [-0.39, 0.29) is 5.91 Å². The molecule has 6 heteroatoms. The molecule has 1 N–H and O–H groups in total. The molecule has 0 bridgehead atoms. The molecule has 1 aliphatic rings. The average molecular weight is 325 g/mol. The van der Waals surface area contributed by atoms with Crippen molar-refractivity contribution in [1.82, 2.24) is 20.3 Å². The largest absolute Gasteiger partial charge is 0.348 e. The lowest BCUT2D eigenvalue weighted by atomic mass is 10.2. The summed E-state index contributed by atoms with van der Waals surface area (Å²) >= 11 is 0. The SMILES string of the molecule is CN(CCc1ccncc1)c1nccc(C(=O)NC2CCCC2)n1. The van der Waals surface area contributed by atoms with Crippen molar-refractivity contribution >= 4 is 11.9 Å². The molecule has 0 aliphatic heterocycles. The number of likely N-dealkylation sites (N-methyl/N-ethyl adjacent to an activating group) is 1. The molecular weight excluding hydrogens is 302 g/mol. The van der Waals surface area contributed by atoms with Crippen LogP contribution in [0.4, 0.5) is 5.95 Å². The maximum atomic E-state index is 12.3. The molecule has 1 fully saturated rings. The van der Waals surface area contributed by atoms with Gasteiger partial charge in [0, 0.05) is 38.2 Å². The first-order chi connectivity index (χ1) is 11.7. The smallest absolute Gasteiger partial charge is 0.270 e. The molecule has 6 nitrogen and oxygen atoms in total. The molecule has 2 heterocycles. The van der Waals surface area contributed by atoms with Crippen molar-refractivity contribution < 1.29 is 4.79 Å². The normalized spacial score (nSPS) is 14.5. The molecule has 1 amide bonds. The van der Waals surface area contributed by atoms with Crippen LogP contribution in [-0.4, -0.2) is 40.5 Å². The predicted molar refractivity (Wildman–Crippen MR) is 93.0 cm³/mol. The number of aromatic nitrogens is 3. The van der Waals surface area contributed by atoms with Gasteiger partial charge in [0.05, 0.1) is 0 Å². The fraction of sp³-hybridized carbons (Fsp3) is 0.444. The molecule has 2 aromatic heterocycles. The number of carbonyl (C=O) groups excluding carboxylic acids is 1. The van der Waals surface area contributed by atoms with Crippen molar-refractivity contribution in [2.75, 3.05) is 18.5 Å². The van der Waals surface area contributed by atoms with Gasteiger partial charge in [0.2, 0.25) is 5.95 Å². The summed E-state index contributed by atoms with van der Waals surface area (Å²) in [5.74, 6) is 0.469. The zero-order valence-electron chi connectivity index (χ0n) is 14.0. The molecule has 0 spiro atoms. The minimum absolute atomic E-state index is 0.104. The van der Waals surface area contributed by atoms with Gasteiger partial charge in [0.1, 0.15) is 5.69 Å². The third-order valence-corrected chi connectivity index (χ3v) is 4.39. The number of pyridine rings is 1. The molecule has 0 unspecified atom stereocenters. The fourth-order valence-corrected chi connectivity index (χ4v) is 2.93. The molecule has 0 radical (unpaired) electrons. The highest BCUT2D eigenvalue weighted by Crippen LogP contribution is 2.18. The van der Waals surface area contributed by atoms with E-state index < -0.39 is 0 Å². The lowest BCUT2D eigenvalue weighted by molar-refractivity contribution is 0.0932. The van der Waals surface area contributed by atoms with Crippen molar-refractivity contribution in [3.8, 4) is 0 Å². The zero-order chi connectivity index (χ0) is 16.8. The van der Waals surface area contributed by atoms with Crippen LogP contribution in [0.5, 0.6) is 0 Å². The Balaban J connectivity index is 1.60. The molecule has 0 atom stereocenters. The molecule has 2 aromatic rings. The van der Waals surface area contributed by atoms with Crippen molar-refractivity contribution in [1.29, 1.82) is 0 Å². The van der Waals surface area contributed by atoms with E-state index in [0.717, 1.165) is 25.8 Å². The Bertz CT molecular complexity index is 670. The summed E-state index contributed by atoms with van der Waals surface area (Å²) in [5, 5.41) is 3.06. The molecule has 3 rings (SSSR count). The minimum Gasteiger partial charge on any atom is -0.348 e. The first-order valence-corrected chi connectivity index (χ1v) is 8.46. The Hall–Kier alpha value is -2.50. The number of rotatable bonds is 6. The van der Waals surface area contributed by atoms with Gasteiger partial charge in [-0.25, -0.2) is 9.97 Å². The van der Waals surface area contributed by atoms with Gasteiger partial charge in [-0.05, 0) is 43.0 Å². The van der Waals surface area contributed by atoms with E-state index in [4.69, 9.17) is 0 Å². The molecule has 0 saturated heterocycles. The quantitative estimate of drug-likeness (QED) is 0.882. The highest BCUT2D eigenvalue weighted by molar-refractivity contribution is 5.92. The Morgan fingerprint density at radius 2 is 1.96 bits per heavy atom. The van der Waals surface area contributed by atoms with Gasteiger partial charge in [-0.3, -0.25) is 9.78 Å². The predicted octanol–water partition coefficient (Wildman–Crippen LogP) is 2.22. The van der Waals surface area contributed by atoms with E-state index in [1.165, 1.54) is 18.4 Å². The van der Waals surface area contributed by atoms with E-state index in [1.807, 2.05) is 24.1 Å². The fourth-order valence-electron chi connectivity index (χ4n) is 2.93. The summed E-state index contributed by atoms with van der Waals surface area (Å²) in [7, 11) is 1.94. The van der Waals surface area contributed by atoms with Crippen LogP contribution >= 0.6 is 0 Å². The second kappa shape index (κ2) is 7.86. The molecular formula is C18H23N5O. The maximum Gasteiger partial charge on any atom is 0.270 e. The number of hydrogen-bond donors (Lipinski definition) is 1. The number of nitrogens with zero attached hydrogens (tertiary/aromatic N) is 4. The number of carbonyl (C=O) groups is 1. The second-order valence-corrected chi connectivity index (χ2v) is 6.22. The van der Waals surface area contributed by atoms with Crippen LogP contribution in [-0.2, 0) is 6.42 Å². The summed E-state index contributed by atoms with van der Waals surface area (Å²) in [6, 6.07) is 5.96. The van der Waals surface area contributed by atoms with Crippen LogP contribution in [0.25, 0.3) is 0 Å². The van der Waals surface area contributed by atoms with E-state index in [9.17, 15) is 4.79 Å². The van der Waals surface area contributed by atoms with Gasteiger partial charge >= 0.3 is 0 Å². The molecule has 24 heavy (non-hydrogen) atoms. The van der Waals surface area contributed by atoms with Crippen LogP contribution < -0.4 is 10.2 Å². The zero-order valence-corrected chi connectivity index (χ0v) is 14.0. The molecule has 1 aliphatic carbocycles. The van der Waals surface area contributed by atoms with Crippen molar-refractivity contribution in [3.63, 3.8) is 0 Å². The van der Waals surface area contributed by atoms with Crippen LogP contribution in [0.1, 0.15) is 41.7 Å². The first-order valence-electron chi connectivity index (χ1n) is 8.46. The van der Waals surface area contributed by atoms with Gasteiger partial charge in [-0.1, -0.05) is 12.8 Å². The summed E-state index contributed by atoms with van der Waals surface area (Å²) in [4.78, 5) is 27.0. The summed E-state index contributed by atoms with van der Waals surface area (Å²) in [6.07, 6.45) is 10.6. The van der Waals surface area contributed by atoms with Gasteiger partial charge in [0.15, 0.2) is 0 Å². The lowest BCUT2D eigenvalue weighted by Crippen LogP contribution is -2.33. The van der Waals surface area contributed by atoms with Crippen LogP contribution in [0.3, 0.4) is 0 Å². The van der Waals surface area contributed by atoms with Crippen LogP contribution in [0.15, 0.2) is 36.8 Å². The molecule has 0 aromatic carbocycles. The highest BCUT2D eigenvalue weighted by atomic mass is 16.1. The van der Waals surface area contributed by atoms with Crippen molar-refractivity contribution in [2.24, 2.45) is 0 Å². The van der Waals surface area contributed by atoms with Crippen LogP contribution in [0, 0.1) is 0 Å². The van der Waals surface area contributed by atoms with Gasteiger partial charge < -0.3 is 10.2 Å². The van der Waals surface area contributed by atoms with E-state index in [1.54, 1.807) is 24.7 Å². The van der Waals surface area contributed by atoms with Gasteiger partial charge in [-0.15, -0.1) is 0 Å². The van der Waals surface area contributed by atoms with E-state index >= 15 is 0 Å². The Kier molecular flexibility index (Phi) is 5.36. The lowest BCUT2D eigenvalue weighted by Gasteiger charge is -2.18. The maximum absolute atomic E-state index is 12.3. The minimum atomic E-state index is -0.104. The topological polar surface area (TPSA) is 71.0 Å². The molecule has 126 valence electrons. The monoisotopic (exact) mass is 325 g/mol. The Morgan fingerprint density at radius 1 is 1.21 bits per heavy atom. The molecule has 1 saturated carbocycles. The number of hydrogen-bond acceptors (Lipinski definition) is 5.